The fourth-order valence-corrected chi connectivity index (χ4v) is 2.38. The van der Waals surface area contributed by atoms with Gasteiger partial charge in [0.15, 0.2) is 0 Å². The van der Waals surface area contributed by atoms with E-state index in [0.29, 0.717) is 11.3 Å². The van der Waals surface area contributed by atoms with Crippen molar-refractivity contribution in [2.45, 2.75) is 32.1 Å². The van der Waals surface area contributed by atoms with Crippen molar-refractivity contribution in [3.8, 4) is 6.07 Å². The third-order valence-corrected chi connectivity index (χ3v) is 3.40. The zero-order valence-corrected chi connectivity index (χ0v) is 9.44. The maximum atomic E-state index is 12.0. The average molecular weight is 213 g/mol. The van der Waals surface area contributed by atoms with Crippen LogP contribution in [0.1, 0.15) is 43.2 Å². The molecule has 0 amide bonds. The molecule has 1 aliphatic rings. The van der Waals surface area contributed by atoms with Crippen molar-refractivity contribution in [3.05, 3.63) is 35.4 Å². The predicted octanol–water partition coefficient (Wildman–Crippen LogP) is 3.03. The Hall–Kier alpha value is -1.62. The van der Waals surface area contributed by atoms with Crippen LogP contribution in [0.15, 0.2) is 24.3 Å². The molecule has 2 nitrogen and oxygen atoms in total. The highest BCUT2D eigenvalue weighted by atomic mass is 16.1. The van der Waals surface area contributed by atoms with Crippen molar-refractivity contribution in [2.24, 2.45) is 5.92 Å². The summed E-state index contributed by atoms with van der Waals surface area (Å²) in [5.41, 5.74) is 1.72. The van der Waals surface area contributed by atoms with E-state index in [9.17, 15) is 4.79 Å². The van der Waals surface area contributed by atoms with Crippen LogP contribution in [0, 0.1) is 17.2 Å². The van der Waals surface area contributed by atoms with E-state index in [4.69, 9.17) is 5.26 Å². The smallest absolute Gasteiger partial charge is 0.143 e. The SMILES string of the molecule is CC1CCCC(c2ccc(C#N)cc2)C1=O. The molecule has 2 atom stereocenters. The van der Waals surface area contributed by atoms with Gasteiger partial charge in [0.05, 0.1) is 11.6 Å². The summed E-state index contributed by atoms with van der Waals surface area (Å²) in [7, 11) is 0. The van der Waals surface area contributed by atoms with Crippen LogP contribution in [0.2, 0.25) is 0 Å². The summed E-state index contributed by atoms with van der Waals surface area (Å²) in [4.78, 5) is 12.0. The van der Waals surface area contributed by atoms with Gasteiger partial charge >= 0.3 is 0 Å². The van der Waals surface area contributed by atoms with E-state index in [-0.39, 0.29) is 11.8 Å². The number of ketones is 1. The molecule has 0 heterocycles. The number of Topliss-reactive ketones (excluding diaryl/α,β-unsaturated/α-hetero) is 1. The van der Waals surface area contributed by atoms with Crippen LogP contribution in [0.5, 0.6) is 0 Å². The lowest BCUT2D eigenvalue weighted by Gasteiger charge is -2.25. The van der Waals surface area contributed by atoms with E-state index < -0.39 is 0 Å². The number of hydrogen-bond donors (Lipinski definition) is 0. The number of rotatable bonds is 1. The summed E-state index contributed by atoms with van der Waals surface area (Å²) >= 11 is 0. The lowest BCUT2D eigenvalue weighted by molar-refractivity contribution is -0.125. The summed E-state index contributed by atoms with van der Waals surface area (Å²) in [6.45, 7) is 2.01. The molecule has 1 aliphatic carbocycles. The lowest BCUT2D eigenvalue weighted by atomic mass is 9.77. The molecule has 0 radical (unpaired) electrons. The molecule has 0 saturated heterocycles. The standard InChI is InChI=1S/C14H15NO/c1-10-3-2-4-13(14(10)16)12-7-5-11(9-15)6-8-12/h5-8,10,13H,2-4H2,1H3. The Morgan fingerprint density at radius 1 is 1.25 bits per heavy atom. The molecule has 16 heavy (non-hydrogen) atoms. The van der Waals surface area contributed by atoms with Gasteiger partial charge in [-0.1, -0.05) is 25.5 Å². The molecule has 0 aliphatic heterocycles. The first-order valence-electron chi connectivity index (χ1n) is 5.76. The minimum atomic E-state index is 0.0523. The molecule has 0 bridgehead atoms. The quantitative estimate of drug-likeness (QED) is 0.719. The van der Waals surface area contributed by atoms with Gasteiger partial charge in [0, 0.05) is 11.8 Å². The van der Waals surface area contributed by atoms with E-state index in [0.717, 1.165) is 24.8 Å². The highest BCUT2D eigenvalue weighted by Gasteiger charge is 2.28. The number of carbonyl (C=O) groups excluding carboxylic acids is 1. The Bertz CT molecular complexity index is 427. The van der Waals surface area contributed by atoms with Gasteiger partial charge in [-0.15, -0.1) is 0 Å². The van der Waals surface area contributed by atoms with Gasteiger partial charge in [-0.3, -0.25) is 4.79 Å². The summed E-state index contributed by atoms with van der Waals surface area (Å²) in [6.07, 6.45) is 3.10. The lowest BCUT2D eigenvalue weighted by Crippen LogP contribution is -2.24. The number of benzene rings is 1. The maximum absolute atomic E-state index is 12.0. The zero-order valence-electron chi connectivity index (χ0n) is 9.44. The van der Waals surface area contributed by atoms with E-state index in [1.807, 2.05) is 19.1 Å². The fourth-order valence-electron chi connectivity index (χ4n) is 2.38. The predicted molar refractivity (Wildman–Crippen MR) is 61.9 cm³/mol. The topological polar surface area (TPSA) is 40.9 Å². The summed E-state index contributed by atoms with van der Waals surface area (Å²) in [5, 5.41) is 8.72. The molecule has 0 N–H and O–H groups in total. The van der Waals surface area contributed by atoms with E-state index >= 15 is 0 Å². The van der Waals surface area contributed by atoms with Crippen LogP contribution in [0.3, 0.4) is 0 Å². The monoisotopic (exact) mass is 213 g/mol. The summed E-state index contributed by atoms with van der Waals surface area (Å²) in [6, 6.07) is 9.51. The molecule has 2 unspecified atom stereocenters. The van der Waals surface area contributed by atoms with E-state index in [2.05, 4.69) is 6.07 Å². The average Bonchev–Trinajstić information content (AvgIpc) is 2.33. The van der Waals surface area contributed by atoms with Crippen molar-refractivity contribution in [1.82, 2.24) is 0 Å². The Balaban J connectivity index is 2.23. The van der Waals surface area contributed by atoms with Gasteiger partial charge in [-0.25, -0.2) is 0 Å². The normalized spacial score (nSPS) is 25.1. The van der Waals surface area contributed by atoms with Crippen LogP contribution in [0.25, 0.3) is 0 Å². The molecule has 2 rings (SSSR count). The molecular formula is C14H15NO. The molecule has 1 fully saturated rings. The van der Waals surface area contributed by atoms with Gasteiger partial charge in [0.2, 0.25) is 0 Å². The highest BCUT2D eigenvalue weighted by molar-refractivity contribution is 5.88. The molecule has 1 aromatic rings. The van der Waals surface area contributed by atoms with Crippen LogP contribution in [-0.2, 0) is 4.79 Å². The second-order valence-corrected chi connectivity index (χ2v) is 4.52. The number of nitriles is 1. The number of carbonyl (C=O) groups is 1. The molecule has 1 aromatic carbocycles. The van der Waals surface area contributed by atoms with Crippen molar-refractivity contribution >= 4 is 5.78 Å². The van der Waals surface area contributed by atoms with Crippen molar-refractivity contribution in [3.63, 3.8) is 0 Å². The first kappa shape index (κ1) is 10.9. The minimum absolute atomic E-state index is 0.0523. The molecule has 0 spiro atoms. The first-order valence-corrected chi connectivity index (χ1v) is 5.76. The maximum Gasteiger partial charge on any atom is 0.143 e. The number of nitrogens with zero attached hydrogens (tertiary/aromatic N) is 1. The molecular weight excluding hydrogens is 198 g/mol. The Labute approximate surface area is 95.9 Å². The Morgan fingerprint density at radius 3 is 2.56 bits per heavy atom. The van der Waals surface area contributed by atoms with Gasteiger partial charge < -0.3 is 0 Å². The van der Waals surface area contributed by atoms with Gasteiger partial charge in [0.1, 0.15) is 5.78 Å². The second kappa shape index (κ2) is 4.49. The van der Waals surface area contributed by atoms with Crippen LogP contribution in [-0.4, -0.2) is 5.78 Å². The third-order valence-electron chi connectivity index (χ3n) is 3.40. The largest absolute Gasteiger partial charge is 0.299 e. The zero-order chi connectivity index (χ0) is 11.5. The minimum Gasteiger partial charge on any atom is -0.299 e. The van der Waals surface area contributed by atoms with E-state index in [1.165, 1.54) is 0 Å². The number of hydrogen-bond acceptors (Lipinski definition) is 2. The van der Waals surface area contributed by atoms with E-state index in [1.54, 1.807) is 12.1 Å². The second-order valence-electron chi connectivity index (χ2n) is 4.52. The van der Waals surface area contributed by atoms with Crippen molar-refractivity contribution in [1.29, 1.82) is 5.26 Å². The van der Waals surface area contributed by atoms with Crippen molar-refractivity contribution in [2.75, 3.05) is 0 Å². The Kier molecular flexibility index (Phi) is 3.05. The molecule has 2 heteroatoms. The first-order chi connectivity index (χ1) is 7.72. The summed E-state index contributed by atoms with van der Waals surface area (Å²) < 4.78 is 0. The molecule has 1 saturated carbocycles. The molecule has 82 valence electrons. The van der Waals surface area contributed by atoms with Gasteiger partial charge in [0.25, 0.3) is 0 Å². The highest BCUT2D eigenvalue weighted by Crippen LogP contribution is 2.32. The third kappa shape index (κ3) is 1.99. The van der Waals surface area contributed by atoms with Crippen LogP contribution < -0.4 is 0 Å². The van der Waals surface area contributed by atoms with Crippen LogP contribution in [0.4, 0.5) is 0 Å². The molecule has 0 aromatic heterocycles. The van der Waals surface area contributed by atoms with Crippen molar-refractivity contribution < 1.29 is 4.79 Å². The summed E-state index contributed by atoms with van der Waals surface area (Å²) in [5.74, 6) is 0.599. The van der Waals surface area contributed by atoms with Gasteiger partial charge in [-0.2, -0.15) is 5.26 Å². The Morgan fingerprint density at radius 2 is 1.94 bits per heavy atom. The van der Waals surface area contributed by atoms with Crippen LogP contribution >= 0.6 is 0 Å². The van der Waals surface area contributed by atoms with Gasteiger partial charge in [-0.05, 0) is 30.5 Å². The fraction of sp³-hybridized carbons (Fsp3) is 0.429.